The number of quaternary nitrogens is 1. The van der Waals surface area contributed by atoms with Crippen LogP contribution in [0.4, 0.5) is 5.69 Å². The van der Waals surface area contributed by atoms with Crippen LogP contribution < -0.4 is 10.2 Å². The van der Waals surface area contributed by atoms with Gasteiger partial charge in [-0.15, -0.1) is 0 Å². The summed E-state index contributed by atoms with van der Waals surface area (Å²) in [5, 5.41) is 2.95. The second-order valence-electron chi connectivity index (χ2n) is 5.23. The van der Waals surface area contributed by atoms with E-state index in [9.17, 15) is 4.79 Å². The fraction of sp³-hybridized carbons (Fsp3) is 0.235. The third kappa shape index (κ3) is 4.69. The van der Waals surface area contributed by atoms with Crippen LogP contribution in [-0.2, 0) is 11.3 Å². The first kappa shape index (κ1) is 15.7. The second-order valence-corrected chi connectivity index (χ2v) is 6.14. The van der Waals surface area contributed by atoms with Crippen LogP contribution in [0.3, 0.4) is 0 Å². The van der Waals surface area contributed by atoms with Gasteiger partial charge in [-0.25, -0.2) is 0 Å². The van der Waals surface area contributed by atoms with Gasteiger partial charge >= 0.3 is 0 Å². The molecule has 2 N–H and O–H groups in total. The van der Waals surface area contributed by atoms with E-state index in [1.165, 1.54) is 5.56 Å². The number of anilines is 1. The molecule has 0 aromatic heterocycles. The van der Waals surface area contributed by atoms with Gasteiger partial charge in [-0.3, -0.25) is 4.79 Å². The number of nitrogens with one attached hydrogen (secondary N) is 2. The fourth-order valence-corrected chi connectivity index (χ4v) is 2.34. The SMILES string of the molecule is C[C@@H](C(=O)Nc1ccccc1)[NH+](C)Cc1ccc(Br)cc1. The Hall–Kier alpha value is -1.65. The van der Waals surface area contributed by atoms with E-state index >= 15 is 0 Å². The van der Waals surface area contributed by atoms with Crippen molar-refractivity contribution < 1.29 is 9.69 Å². The molecule has 2 aromatic rings. The normalized spacial score (nSPS) is 13.5. The summed E-state index contributed by atoms with van der Waals surface area (Å²) in [6.07, 6.45) is 0. The molecule has 0 saturated heterocycles. The molecule has 110 valence electrons. The average Bonchev–Trinajstić information content (AvgIpc) is 2.49. The first-order valence-electron chi connectivity index (χ1n) is 6.99. The Morgan fingerprint density at radius 1 is 1.14 bits per heavy atom. The quantitative estimate of drug-likeness (QED) is 0.855. The summed E-state index contributed by atoms with van der Waals surface area (Å²) >= 11 is 3.43. The Bertz CT molecular complexity index is 583. The number of carbonyl (C=O) groups excluding carboxylic acids is 1. The van der Waals surface area contributed by atoms with Crippen molar-refractivity contribution in [2.75, 3.05) is 12.4 Å². The monoisotopic (exact) mass is 347 g/mol. The largest absolute Gasteiger partial charge is 0.324 e. The van der Waals surface area contributed by atoms with Crippen LogP contribution in [0.25, 0.3) is 0 Å². The Kier molecular flexibility index (Phi) is 5.53. The molecule has 21 heavy (non-hydrogen) atoms. The van der Waals surface area contributed by atoms with Crippen LogP contribution in [0.1, 0.15) is 12.5 Å². The number of hydrogen-bond donors (Lipinski definition) is 2. The highest BCUT2D eigenvalue weighted by molar-refractivity contribution is 9.10. The van der Waals surface area contributed by atoms with Gasteiger partial charge in [-0.05, 0) is 31.2 Å². The van der Waals surface area contributed by atoms with Crippen LogP contribution in [0.5, 0.6) is 0 Å². The smallest absolute Gasteiger partial charge is 0.282 e. The molecular weight excluding hydrogens is 328 g/mol. The van der Waals surface area contributed by atoms with Gasteiger partial charge in [0.25, 0.3) is 5.91 Å². The van der Waals surface area contributed by atoms with Crippen molar-refractivity contribution in [3.05, 3.63) is 64.6 Å². The van der Waals surface area contributed by atoms with Crippen molar-refractivity contribution in [2.45, 2.75) is 19.5 Å². The molecule has 0 spiro atoms. The van der Waals surface area contributed by atoms with E-state index in [0.717, 1.165) is 21.6 Å². The molecule has 3 nitrogen and oxygen atoms in total. The molecule has 1 amide bonds. The highest BCUT2D eigenvalue weighted by Crippen LogP contribution is 2.10. The summed E-state index contributed by atoms with van der Waals surface area (Å²) in [5.41, 5.74) is 2.06. The van der Waals surface area contributed by atoms with Gasteiger partial charge in [-0.2, -0.15) is 0 Å². The Balaban J connectivity index is 1.93. The molecule has 0 aliphatic rings. The molecule has 2 atom stereocenters. The molecule has 1 unspecified atom stereocenters. The summed E-state index contributed by atoms with van der Waals surface area (Å²) in [5.74, 6) is 0.0378. The average molecular weight is 348 g/mol. The maximum Gasteiger partial charge on any atom is 0.282 e. The van der Waals surface area contributed by atoms with Gasteiger partial charge in [0.05, 0.1) is 7.05 Å². The highest BCUT2D eigenvalue weighted by atomic mass is 79.9. The molecular formula is C17H20BrN2O+. The predicted octanol–water partition coefficient (Wildman–Crippen LogP) is 2.49. The lowest BCUT2D eigenvalue weighted by Crippen LogP contribution is -3.12. The van der Waals surface area contributed by atoms with Crippen molar-refractivity contribution in [2.24, 2.45) is 0 Å². The molecule has 0 fully saturated rings. The van der Waals surface area contributed by atoms with Crippen molar-refractivity contribution in [1.29, 1.82) is 0 Å². The minimum Gasteiger partial charge on any atom is -0.324 e. The van der Waals surface area contributed by atoms with E-state index < -0.39 is 0 Å². The van der Waals surface area contributed by atoms with Crippen LogP contribution in [0.15, 0.2) is 59.1 Å². The number of halogens is 1. The van der Waals surface area contributed by atoms with Gasteiger partial charge in [0.1, 0.15) is 6.54 Å². The Morgan fingerprint density at radius 2 is 1.76 bits per heavy atom. The lowest BCUT2D eigenvalue weighted by atomic mass is 10.2. The van der Waals surface area contributed by atoms with Gasteiger partial charge < -0.3 is 10.2 Å². The minimum atomic E-state index is -0.117. The number of hydrogen-bond acceptors (Lipinski definition) is 1. The van der Waals surface area contributed by atoms with Gasteiger partial charge in [0.15, 0.2) is 6.04 Å². The molecule has 4 heteroatoms. The standard InChI is InChI=1S/C17H19BrN2O/c1-13(17(21)19-16-6-4-3-5-7-16)20(2)12-14-8-10-15(18)11-9-14/h3-11,13H,12H2,1-2H3,(H,19,21)/p+1/t13-/m0/s1. The number of benzene rings is 2. The number of rotatable bonds is 5. The Morgan fingerprint density at radius 3 is 2.38 bits per heavy atom. The highest BCUT2D eigenvalue weighted by Gasteiger charge is 2.21. The lowest BCUT2D eigenvalue weighted by molar-refractivity contribution is -0.907. The first-order valence-corrected chi connectivity index (χ1v) is 7.78. The predicted molar refractivity (Wildman–Crippen MR) is 89.3 cm³/mol. The van der Waals surface area contributed by atoms with Crippen LogP contribution in [0.2, 0.25) is 0 Å². The van der Waals surface area contributed by atoms with Gasteiger partial charge in [0.2, 0.25) is 0 Å². The van der Waals surface area contributed by atoms with Crippen LogP contribution in [-0.4, -0.2) is 19.0 Å². The van der Waals surface area contributed by atoms with Gasteiger partial charge in [0, 0.05) is 15.7 Å². The van der Waals surface area contributed by atoms with Crippen molar-refractivity contribution in [3.63, 3.8) is 0 Å². The van der Waals surface area contributed by atoms with Crippen LogP contribution >= 0.6 is 15.9 Å². The topological polar surface area (TPSA) is 33.5 Å². The van der Waals surface area contributed by atoms with Crippen LogP contribution in [0, 0.1) is 0 Å². The summed E-state index contributed by atoms with van der Waals surface area (Å²) < 4.78 is 1.07. The van der Waals surface area contributed by atoms with E-state index in [-0.39, 0.29) is 11.9 Å². The first-order chi connectivity index (χ1) is 10.1. The summed E-state index contributed by atoms with van der Waals surface area (Å²) in [4.78, 5) is 13.4. The van der Waals surface area contributed by atoms with E-state index in [1.807, 2.05) is 56.4 Å². The molecule has 0 aliphatic heterocycles. The zero-order chi connectivity index (χ0) is 15.2. The number of para-hydroxylation sites is 1. The number of carbonyl (C=O) groups is 1. The van der Waals surface area contributed by atoms with Crippen molar-refractivity contribution in [3.8, 4) is 0 Å². The summed E-state index contributed by atoms with van der Waals surface area (Å²) in [6, 6.07) is 17.7. The molecule has 2 rings (SSSR count). The second kappa shape index (κ2) is 7.38. The molecule has 0 bridgehead atoms. The fourth-order valence-electron chi connectivity index (χ4n) is 2.07. The van der Waals surface area contributed by atoms with Gasteiger partial charge in [-0.1, -0.05) is 46.3 Å². The maximum atomic E-state index is 12.3. The molecule has 2 aromatic carbocycles. The third-order valence-electron chi connectivity index (χ3n) is 3.57. The maximum absolute atomic E-state index is 12.3. The third-order valence-corrected chi connectivity index (χ3v) is 4.10. The van der Waals surface area contributed by atoms with E-state index in [2.05, 4.69) is 33.4 Å². The van der Waals surface area contributed by atoms with E-state index in [1.54, 1.807) is 0 Å². The summed E-state index contributed by atoms with van der Waals surface area (Å²) in [7, 11) is 2.04. The minimum absolute atomic E-state index is 0.0378. The summed E-state index contributed by atoms with van der Waals surface area (Å²) in [6.45, 7) is 2.77. The molecule has 0 saturated carbocycles. The lowest BCUT2D eigenvalue weighted by Gasteiger charge is -2.21. The van der Waals surface area contributed by atoms with Crippen molar-refractivity contribution >= 4 is 27.5 Å². The number of likely N-dealkylation sites (N-methyl/N-ethyl adjacent to an activating group) is 1. The number of amides is 1. The Labute approximate surface area is 134 Å². The van der Waals surface area contributed by atoms with Crippen molar-refractivity contribution in [1.82, 2.24) is 0 Å². The molecule has 0 heterocycles. The molecule has 0 radical (unpaired) electrons. The molecule has 0 aliphatic carbocycles. The zero-order valence-corrected chi connectivity index (χ0v) is 13.9. The van der Waals surface area contributed by atoms with E-state index in [4.69, 9.17) is 0 Å². The van der Waals surface area contributed by atoms with E-state index in [0.29, 0.717) is 0 Å². The zero-order valence-electron chi connectivity index (χ0n) is 12.3.